The lowest BCUT2D eigenvalue weighted by atomic mass is 10.1. The molecule has 1 aromatic carbocycles. The van der Waals surface area contributed by atoms with Crippen LogP contribution in [0.3, 0.4) is 0 Å². The van der Waals surface area contributed by atoms with E-state index in [0.717, 1.165) is 17.9 Å². The van der Waals surface area contributed by atoms with Crippen LogP contribution in [0.1, 0.15) is 31.9 Å². The van der Waals surface area contributed by atoms with E-state index in [0.29, 0.717) is 17.9 Å². The first-order chi connectivity index (χ1) is 8.15. The molecular formula is C13H20FNOS. The van der Waals surface area contributed by atoms with Crippen molar-refractivity contribution in [1.82, 2.24) is 0 Å². The van der Waals surface area contributed by atoms with Crippen molar-refractivity contribution < 1.29 is 9.13 Å². The molecule has 0 saturated heterocycles. The number of rotatable bonds is 7. The first-order valence-corrected chi connectivity index (χ1v) is 7.06. The van der Waals surface area contributed by atoms with E-state index >= 15 is 0 Å². The van der Waals surface area contributed by atoms with Gasteiger partial charge in [0.15, 0.2) is 0 Å². The van der Waals surface area contributed by atoms with Crippen molar-refractivity contribution in [3.05, 3.63) is 29.6 Å². The van der Waals surface area contributed by atoms with Crippen LogP contribution in [-0.2, 0) is 0 Å². The van der Waals surface area contributed by atoms with Crippen molar-refractivity contribution in [2.45, 2.75) is 26.3 Å². The van der Waals surface area contributed by atoms with Gasteiger partial charge in [-0.25, -0.2) is 4.39 Å². The number of hydrogen-bond acceptors (Lipinski definition) is 3. The predicted molar refractivity (Wildman–Crippen MR) is 72.1 cm³/mol. The van der Waals surface area contributed by atoms with Crippen LogP contribution in [0.2, 0.25) is 0 Å². The van der Waals surface area contributed by atoms with Gasteiger partial charge < -0.3 is 10.5 Å². The second-order valence-corrected chi connectivity index (χ2v) is 5.26. The van der Waals surface area contributed by atoms with E-state index in [1.807, 2.05) is 11.8 Å². The maximum Gasteiger partial charge on any atom is 0.131 e. The highest BCUT2D eigenvalue weighted by molar-refractivity contribution is 7.99. The standard InChI is InChI=1S/C13H20FNOS/c1-3-17-8-4-7-16-11-5-6-12(10(2)15)13(14)9-11/h5-6,9-10H,3-4,7-8,15H2,1-2H3/t10-/m1/s1. The van der Waals surface area contributed by atoms with Gasteiger partial charge >= 0.3 is 0 Å². The summed E-state index contributed by atoms with van der Waals surface area (Å²) in [5.41, 5.74) is 6.16. The largest absolute Gasteiger partial charge is 0.493 e. The third-order valence-corrected chi connectivity index (χ3v) is 3.35. The monoisotopic (exact) mass is 257 g/mol. The zero-order valence-corrected chi connectivity index (χ0v) is 11.2. The Labute approximate surface area is 107 Å². The van der Waals surface area contributed by atoms with Crippen molar-refractivity contribution in [1.29, 1.82) is 0 Å². The molecule has 4 heteroatoms. The molecule has 1 aromatic rings. The average molecular weight is 257 g/mol. The number of halogens is 1. The van der Waals surface area contributed by atoms with Crippen LogP contribution >= 0.6 is 11.8 Å². The molecule has 96 valence electrons. The van der Waals surface area contributed by atoms with E-state index in [2.05, 4.69) is 6.92 Å². The zero-order valence-electron chi connectivity index (χ0n) is 10.4. The number of nitrogens with two attached hydrogens (primary N) is 1. The highest BCUT2D eigenvalue weighted by Crippen LogP contribution is 2.20. The smallest absolute Gasteiger partial charge is 0.131 e. The number of thioether (sulfide) groups is 1. The Morgan fingerprint density at radius 2 is 2.24 bits per heavy atom. The van der Waals surface area contributed by atoms with Gasteiger partial charge in [-0.3, -0.25) is 0 Å². The summed E-state index contributed by atoms with van der Waals surface area (Å²) in [4.78, 5) is 0. The number of benzene rings is 1. The Bertz CT molecular complexity index is 344. The molecule has 0 spiro atoms. The second kappa shape index (κ2) is 7.56. The van der Waals surface area contributed by atoms with Crippen LogP contribution in [0.25, 0.3) is 0 Å². The highest BCUT2D eigenvalue weighted by Gasteiger charge is 2.07. The first kappa shape index (κ1) is 14.3. The lowest BCUT2D eigenvalue weighted by Crippen LogP contribution is -2.07. The van der Waals surface area contributed by atoms with Gasteiger partial charge in [0.2, 0.25) is 0 Å². The van der Waals surface area contributed by atoms with Gasteiger partial charge in [-0.2, -0.15) is 11.8 Å². The summed E-state index contributed by atoms with van der Waals surface area (Å²) in [6, 6.07) is 4.58. The first-order valence-electron chi connectivity index (χ1n) is 5.90. The average Bonchev–Trinajstić information content (AvgIpc) is 2.28. The Hall–Kier alpha value is -0.740. The lowest BCUT2D eigenvalue weighted by molar-refractivity contribution is 0.316. The van der Waals surface area contributed by atoms with E-state index in [1.165, 1.54) is 6.07 Å². The lowest BCUT2D eigenvalue weighted by Gasteiger charge is -2.10. The molecule has 0 aliphatic rings. The van der Waals surface area contributed by atoms with Gasteiger partial charge in [0.25, 0.3) is 0 Å². The van der Waals surface area contributed by atoms with Crippen LogP contribution in [0, 0.1) is 5.82 Å². The van der Waals surface area contributed by atoms with Crippen molar-refractivity contribution >= 4 is 11.8 Å². The summed E-state index contributed by atoms with van der Waals surface area (Å²) in [6.45, 7) is 4.53. The molecule has 0 aliphatic heterocycles. The molecular weight excluding hydrogens is 237 g/mol. The van der Waals surface area contributed by atoms with Gasteiger partial charge in [-0.1, -0.05) is 13.0 Å². The SMILES string of the molecule is CCSCCCOc1ccc([C@@H](C)N)c(F)c1. The van der Waals surface area contributed by atoms with Crippen molar-refractivity contribution in [3.63, 3.8) is 0 Å². The zero-order chi connectivity index (χ0) is 12.7. The van der Waals surface area contributed by atoms with Crippen LogP contribution in [0.5, 0.6) is 5.75 Å². The van der Waals surface area contributed by atoms with E-state index in [1.54, 1.807) is 19.1 Å². The van der Waals surface area contributed by atoms with Crippen molar-refractivity contribution in [2.24, 2.45) is 5.73 Å². The van der Waals surface area contributed by atoms with Crippen LogP contribution < -0.4 is 10.5 Å². The molecule has 0 bridgehead atoms. The minimum Gasteiger partial charge on any atom is -0.493 e. The van der Waals surface area contributed by atoms with Gasteiger partial charge in [-0.05, 0) is 30.9 Å². The maximum atomic E-state index is 13.6. The topological polar surface area (TPSA) is 35.2 Å². The number of hydrogen-bond donors (Lipinski definition) is 1. The molecule has 0 aliphatic carbocycles. The molecule has 0 saturated carbocycles. The molecule has 0 unspecified atom stereocenters. The Balaban J connectivity index is 2.42. The fourth-order valence-electron chi connectivity index (χ4n) is 1.46. The molecule has 0 heterocycles. The molecule has 1 atom stereocenters. The molecule has 2 N–H and O–H groups in total. The van der Waals surface area contributed by atoms with Crippen molar-refractivity contribution in [3.8, 4) is 5.75 Å². The summed E-state index contributed by atoms with van der Waals surface area (Å²) in [7, 11) is 0. The normalized spacial score (nSPS) is 12.5. The Morgan fingerprint density at radius 1 is 1.47 bits per heavy atom. The minimum atomic E-state index is -0.291. The van der Waals surface area contributed by atoms with Crippen LogP contribution in [-0.4, -0.2) is 18.1 Å². The summed E-state index contributed by atoms with van der Waals surface area (Å²) in [5, 5.41) is 0. The van der Waals surface area contributed by atoms with Gasteiger partial charge in [-0.15, -0.1) is 0 Å². The second-order valence-electron chi connectivity index (χ2n) is 3.87. The van der Waals surface area contributed by atoms with Gasteiger partial charge in [0.05, 0.1) is 6.61 Å². The fourth-order valence-corrected chi connectivity index (χ4v) is 2.07. The van der Waals surface area contributed by atoms with Gasteiger partial charge in [0, 0.05) is 17.7 Å². The van der Waals surface area contributed by atoms with E-state index in [-0.39, 0.29) is 11.9 Å². The summed E-state index contributed by atoms with van der Waals surface area (Å²) >= 11 is 1.88. The quantitative estimate of drug-likeness (QED) is 0.761. The molecule has 1 rings (SSSR count). The fraction of sp³-hybridized carbons (Fsp3) is 0.538. The summed E-state index contributed by atoms with van der Waals surface area (Å²) < 4.78 is 19.0. The third-order valence-electron chi connectivity index (χ3n) is 2.37. The van der Waals surface area contributed by atoms with Crippen molar-refractivity contribution in [2.75, 3.05) is 18.1 Å². The summed E-state index contributed by atoms with van der Waals surface area (Å²) in [5.74, 6) is 2.49. The third kappa shape index (κ3) is 4.96. The van der Waals surface area contributed by atoms with E-state index in [4.69, 9.17) is 10.5 Å². The molecule has 0 aromatic heterocycles. The molecule has 0 fully saturated rings. The highest BCUT2D eigenvalue weighted by atomic mass is 32.2. The van der Waals surface area contributed by atoms with Crippen LogP contribution in [0.15, 0.2) is 18.2 Å². The summed E-state index contributed by atoms with van der Waals surface area (Å²) in [6.07, 6.45) is 0.981. The van der Waals surface area contributed by atoms with E-state index < -0.39 is 0 Å². The molecule has 0 amide bonds. The molecule has 17 heavy (non-hydrogen) atoms. The molecule has 0 radical (unpaired) electrons. The maximum absolute atomic E-state index is 13.6. The minimum absolute atomic E-state index is 0.287. The van der Waals surface area contributed by atoms with Crippen LogP contribution in [0.4, 0.5) is 4.39 Å². The Morgan fingerprint density at radius 3 is 2.82 bits per heavy atom. The predicted octanol–water partition coefficient (Wildman–Crippen LogP) is 3.37. The Kier molecular flexibility index (Phi) is 6.37. The van der Waals surface area contributed by atoms with E-state index in [9.17, 15) is 4.39 Å². The van der Waals surface area contributed by atoms with Gasteiger partial charge in [0.1, 0.15) is 11.6 Å². The molecule has 2 nitrogen and oxygen atoms in total. The number of ether oxygens (including phenoxy) is 1.